The van der Waals surface area contributed by atoms with Gasteiger partial charge < -0.3 is 14.8 Å². The van der Waals surface area contributed by atoms with Gasteiger partial charge in [0.05, 0.1) is 19.8 Å². The molecule has 2 rings (SSSR count). The number of amides is 1. The zero-order valence-electron chi connectivity index (χ0n) is 15.1. The number of nitrogens with zero attached hydrogens (tertiary/aromatic N) is 4. The van der Waals surface area contributed by atoms with E-state index in [-0.39, 0.29) is 6.61 Å². The minimum atomic E-state index is -0.589. The second-order valence-electron chi connectivity index (χ2n) is 6.54. The Bertz CT molecular complexity index is 666. The molecule has 1 aromatic heterocycles. The van der Waals surface area contributed by atoms with Crippen molar-refractivity contribution < 1.29 is 14.3 Å². The summed E-state index contributed by atoms with van der Waals surface area (Å²) < 4.78 is 11.0. The summed E-state index contributed by atoms with van der Waals surface area (Å²) in [5, 5.41) is 14.9. The predicted molar refractivity (Wildman–Crippen MR) is 91.7 cm³/mol. The van der Waals surface area contributed by atoms with Gasteiger partial charge >= 0.3 is 6.09 Å². The van der Waals surface area contributed by atoms with E-state index in [1.807, 2.05) is 37.3 Å². The van der Waals surface area contributed by atoms with Crippen LogP contribution in [0.3, 0.4) is 0 Å². The molecule has 0 saturated carbocycles. The van der Waals surface area contributed by atoms with Gasteiger partial charge in [0.25, 0.3) is 0 Å². The largest absolute Gasteiger partial charge is 0.444 e. The number of alkyl carbamates (subject to hydrolysis) is 1. The van der Waals surface area contributed by atoms with Crippen LogP contribution in [-0.2, 0) is 22.6 Å². The highest BCUT2D eigenvalue weighted by Crippen LogP contribution is 2.12. The van der Waals surface area contributed by atoms with Crippen molar-refractivity contribution in [3.8, 4) is 0 Å². The number of aromatic nitrogens is 4. The van der Waals surface area contributed by atoms with Crippen LogP contribution in [0.1, 0.15) is 45.1 Å². The van der Waals surface area contributed by atoms with E-state index in [0.717, 1.165) is 5.56 Å². The van der Waals surface area contributed by atoms with Gasteiger partial charge in [-0.1, -0.05) is 30.3 Å². The molecule has 0 unspecified atom stereocenters. The molecule has 0 aliphatic heterocycles. The highest BCUT2D eigenvalue weighted by molar-refractivity contribution is 5.68. The van der Waals surface area contributed by atoms with Gasteiger partial charge in [-0.25, -0.2) is 4.79 Å². The first-order chi connectivity index (χ1) is 11.9. The average molecular weight is 347 g/mol. The molecule has 0 bridgehead atoms. The van der Waals surface area contributed by atoms with Gasteiger partial charge in [0, 0.05) is 0 Å². The average Bonchev–Trinajstić information content (AvgIpc) is 3.02. The fourth-order valence-electron chi connectivity index (χ4n) is 2.03. The summed E-state index contributed by atoms with van der Waals surface area (Å²) in [5.41, 5.74) is 0.456. The summed E-state index contributed by atoms with van der Waals surface area (Å²) in [4.78, 5) is 13.5. The number of carbonyl (C=O) groups excluding carboxylic acids is 1. The number of nitrogens with one attached hydrogen (secondary N) is 1. The molecule has 8 heteroatoms. The van der Waals surface area contributed by atoms with E-state index >= 15 is 0 Å². The third kappa shape index (κ3) is 6.50. The van der Waals surface area contributed by atoms with Crippen molar-refractivity contribution in [3.63, 3.8) is 0 Å². The quantitative estimate of drug-likeness (QED) is 0.827. The highest BCUT2D eigenvalue weighted by atomic mass is 16.6. The number of carbonyl (C=O) groups is 1. The first kappa shape index (κ1) is 18.9. The molecule has 1 N–H and O–H groups in total. The van der Waals surface area contributed by atoms with E-state index in [1.165, 1.54) is 4.80 Å². The van der Waals surface area contributed by atoms with Crippen LogP contribution in [0.5, 0.6) is 0 Å². The summed E-state index contributed by atoms with van der Waals surface area (Å²) >= 11 is 0. The molecule has 0 aliphatic carbocycles. The molecule has 0 radical (unpaired) electrons. The maximum atomic E-state index is 12.1. The molecule has 0 aliphatic rings. The van der Waals surface area contributed by atoms with Gasteiger partial charge in [0.15, 0.2) is 5.82 Å². The van der Waals surface area contributed by atoms with Gasteiger partial charge in [0.1, 0.15) is 11.6 Å². The van der Waals surface area contributed by atoms with Gasteiger partial charge in [0.2, 0.25) is 0 Å². The van der Waals surface area contributed by atoms with Crippen molar-refractivity contribution in [3.05, 3.63) is 41.7 Å². The second-order valence-corrected chi connectivity index (χ2v) is 6.54. The smallest absolute Gasteiger partial charge is 0.408 e. The lowest BCUT2D eigenvalue weighted by Crippen LogP contribution is -2.37. The summed E-state index contributed by atoms with van der Waals surface area (Å²) in [6.45, 7) is 8.56. The number of rotatable bonds is 7. The van der Waals surface area contributed by atoms with Crippen LogP contribution < -0.4 is 5.32 Å². The lowest BCUT2D eigenvalue weighted by Gasteiger charge is -2.22. The Hall–Kier alpha value is -2.48. The van der Waals surface area contributed by atoms with Crippen LogP contribution in [0.15, 0.2) is 30.3 Å². The summed E-state index contributed by atoms with van der Waals surface area (Å²) in [6.07, 6.45) is -0.548. The Morgan fingerprint density at radius 1 is 1.28 bits per heavy atom. The van der Waals surface area contributed by atoms with E-state index in [9.17, 15) is 4.79 Å². The van der Waals surface area contributed by atoms with Crippen molar-refractivity contribution in [1.29, 1.82) is 0 Å². The summed E-state index contributed by atoms with van der Waals surface area (Å²) in [7, 11) is 0. The zero-order valence-corrected chi connectivity index (χ0v) is 15.1. The maximum absolute atomic E-state index is 12.1. The number of hydrogen-bond acceptors (Lipinski definition) is 6. The monoisotopic (exact) mass is 347 g/mol. The molecule has 25 heavy (non-hydrogen) atoms. The fourth-order valence-corrected chi connectivity index (χ4v) is 2.03. The van der Waals surface area contributed by atoms with Gasteiger partial charge in [-0.05, 0) is 38.5 Å². The van der Waals surface area contributed by atoms with Crippen molar-refractivity contribution in [2.75, 3.05) is 6.61 Å². The molecule has 0 spiro atoms. The minimum absolute atomic E-state index is 0.212. The van der Waals surface area contributed by atoms with E-state index in [0.29, 0.717) is 19.0 Å². The Labute approximate surface area is 147 Å². The van der Waals surface area contributed by atoms with Crippen LogP contribution in [0.2, 0.25) is 0 Å². The standard InChI is InChI=1S/C17H25N5O3/c1-5-22-20-15(19-21-22)14(18-16(23)25-17(2,3)4)12-24-11-13-9-7-6-8-10-13/h6-10,14H,5,11-12H2,1-4H3,(H,18,23)/t14-/m0/s1. The predicted octanol–water partition coefficient (Wildman–Crippen LogP) is 2.48. The molecular weight excluding hydrogens is 322 g/mol. The Balaban J connectivity index is 1.99. The molecule has 8 nitrogen and oxygen atoms in total. The Morgan fingerprint density at radius 3 is 2.60 bits per heavy atom. The fraction of sp³-hybridized carbons (Fsp3) is 0.529. The van der Waals surface area contributed by atoms with E-state index < -0.39 is 17.7 Å². The van der Waals surface area contributed by atoms with E-state index in [1.54, 1.807) is 20.8 Å². The molecule has 1 atom stereocenters. The molecule has 1 aromatic carbocycles. The first-order valence-corrected chi connectivity index (χ1v) is 8.26. The summed E-state index contributed by atoms with van der Waals surface area (Å²) in [6, 6.07) is 9.25. The second kappa shape index (κ2) is 8.57. The Morgan fingerprint density at radius 2 is 2.00 bits per heavy atom. The molecule has 1 amide bonds. The number of aryl methyl sites for hydroxylation is 1. The topological polar surface area (TPSA) is 91.2 Å². The van der Waals surface area contributed by atoms with Crippen molar-refractivity contribution in [2.24, 2.45) is 0 Å². The summed E-state index contributed by atoms with van der Waals surface area (Å²) in [5.74, 6) is 0.390. The van der Waals surface area contributed by atoms with Crippen LogP contribution in [-0.4, -0.2) is 38.5 Å². The lowest BCUT2D eigenvalue weighted by atomic mass is 10.2. The van der Waals surface area contributed by atoms with E-state index in [4.69, 9.17) is 9.47 Å². The van der Waals surface area contributed by atoms with Crippen molar-refractivity contribution in [2.45, 2.75) is 52.5 Å². The van der Waals surface area contributed by atoms with Crippen LogP contribution in [0.25, 0.3) is 0 Å². The number of hydrogen-bond donors (Lipinski definition) is 1. The van der Waals surface area contributed by atoms with Crippen LogP contribution >= 0.6 is 0 Å². The van der Waals surface area contributed by atoms with Gasteiger partial charge in [-0.15, -0.1) is 10.2 Å². The molecular formula is C17H25N5O3. The molecule has 2 aromatic rings. The highest BCUT2D eigenvalue weighted by Gasteiger charge is 2.24. The zero-order chi connectivity index (χ0) is 18.3. The normalized spacial score (nSPS) is 12.6. The Kier molecular flexibility index (Phi) is 6.46. The molecule has 0 fully saturated rings. The van der Waals surface area contributed by atoms with Crippen LogP contribution in [0.4, 0.5) is 4.79 Å². The lowest BCUT2D eigenvalue weighted by molar-refractivity contribution is 0.0420. The van der Waals surface area contributed by atoms with Crippen molar-refractivity contribution >= 4 is 6.09 Å². The third-order valence-electron chi connectivity index (χ3n) is 3.15. The first-order valence-electron chi connectivity index (χ1n) is 8.26. The van der Waals surface area contributed by atoms with Crippen LogP contribution in [0, 0.1) is 0 Å². The van der Waals surface area contributed by atoms with Gasteiger partial charge in [-0.2, -0.15) is 4.80 Å². The molecule has 0 saturated heterocycles. The minimum Gasteiger partial charge on any atom is -0.444 e. The SMILES string of the molecule is CCn1nnc([C@H](COCc2ccccc2)NC(=O)OC(C)(C)C)n1. The van der Waals surface area contributed by atoms with Gasteiger partial charge in [-0.3, -0.25) is 0 Å². The molecule has 136 valence electrons. The maximum Gasteiger partial charge on any atom is 0.408 e. The molecule has 1 heterocycles. The van der Waals surface area contributed by atoms with E-state index in [2.05, 4.69) is 20.7 Å². The third-order valence-corrected chi connectivity index (χ3v) is 3.15. The van der Waals surface area contributed by atoms with Crippen molar-refractivity contribution in [1.82, 2.24) is 25.5 Å². The number of benzene rings is 1. The number of ether oxygens (including phenoxy) is 2. The number of tetrazole rings is 1.